The molecule has 1 spiro atoms. The number of nitrogens with zero attached hydrogens (tertiary/aromatic N) is 3. The molecule has 0 unspecified atom stereocenters. The number of carbonyl (C=O) groups excluding carboxylic acids is 1. The van der Waals surface area contributed by atoms with Crippen molar-refractivity contribution in [3.63, 3.8) is 0 Å². The second-order valence-corrected chi connectivity index (χ2v) is 6.39. The Kier molecular flexibility index (Phi) is 3.90. The molecule has 2 aromatic rings. The smallest absolute Gasteiger partial charge is 0.240 e. The lowest BCUT2D eigenvalue weighted by Crippen LogP contribution is -2.66. The fourth-order valence-electron chi connectivity index (χ4n) is 3.51. The lowest BCUT2D eigenvalue weighted by molar-refractivity contribution is -0.130. The van der Waals surface area contributed by atoms with Gasteiger partial charge in [-0.3, -0.25) is 4.79 Å². The second-order valence-electron chi connectivity index (χ2n) is 6.39. The Bertz CT molecular complexity index is 708. The highest BCUT2D eigenvalue weighted by atomic mass is 16.2. The van der Waals surface area contributed by atoms with Crippen LogP contribution >= 0.6 is 0 Å². The van der Waals surface area contributed by atoms with E-state index in [1.54, 1.807) is 0 Å². The van der Waals surface area contributed by atoms with Gasteiger partial charge in [0.15, 0.2) is 5.82 Å². The molecule has 4 rings (SSSR count). The summed E-state index contributed by atoms with van der Waals surface area (Å²) in [6, 6.07) is 14.1. The standard InChI is InChI=1S/C18H21N5O/c24-17-18(20-11-10-19-17)8-12-23(13-9-18)16-7-6-15(21-22-16)14-4-2-1-3-5-14/h1-7,20H,8-13H2,(H,19,24). The van der Waals surface area contributed by atoms with Crippen LogP contribution in [0, 0.1) is 0 Å². The topological polar surface area (TPSA) is 70.2 Å². The van der Waals surface area contributed by atoms with Crippen molar-refractivity contribution in [3.05, 3.63) is 42.5 Å². The number of anilines is 1. The molecule has 2 aliphatic heterocycles. The molecule has 3 heterocycles. The van der Waals surface area contributed by atoms with E-state index in [0.29, 0.717) is 0 Å². The third kappa shape index (κ3) is 2.73. The molecule has 0 aliphatic carbocycles. The minimum Gasteiger partial charge on any atom is -0.355 e. The quantitative estimate of drug-likeness (QED) is 0.869. The van der Waals surface area contributed by atoms with E-state index in [4.69, 9.17) is 0 Å². The Morgan fingerprint density at radius 2 is 1.75 bits per heavy atom. The number of amides is 1. The largest absolute Gasteiger partial charge is 0.355 e. The highest BCUT2D eigenvalue weighted by Crippen LogP contribution is 2.27. The van der Waals surface area contributed by atoms with Crippen molar-refractivity contribution < 1.29 is 4.79 Å². The van der Waals surface area contributed by atoms with Gasteiger partial charge in [0.1, 0.15) is 5.54 Å². The van der Waals surface area contributed by atoms with E-state index in [-0.39, 0.29) is 5.91 Å². The van der Waals surface area contributed by atoms with E-state index in [2.05, 4.69) is 25.7 Å². The number of rotatable bonds is 2. The fraction of sp³-hybridized carbons (Fsp3) is 0.389. The Labute approximate surface area is 141 Å². The Hall–Kier alpha value is -2.47. The summed E-state index contributed by atoms with van der Waals surface area (Å²) in [4.78, 5) is 14.4. The van der Waals surface area contributed by atoms with Crippen LogP contribution in [0.3, 0.4) is 0 Å². The highest BCUT2D eigenvalue weighted by molar-refractivity contribution is 5.87. The lowest BCUT2D eigenvalue weighted by Gasteiger charge is -2.43. The van der Waals surface area contributed by atoms with E-state index in [9.17, 15) is 4.79 Å². The van der Waals surface area contributed by atoms with Crippen LogP contribution in [-0.2, 0) is 4.79 Å². The van der Waals surface area contributed by atoms with Crippen molar-refractivity contribution in [2.75, 3.05) is 31.1 Å². The van der Waals surface area contributed by atoms with Crippen LogP contribution in [-0.4, -0.2) is 47.8 Å². The average Bonchev–Trinajstić information content (AvgIpc) is 2.66. The summed E-state index contributed by atoms with van der Waals surface area (Å²) in [5.41, 5.74) is 1.55. The zero-order chi connectivity index (χ0) is 16.4. The van der Waals surface area contributed by atoms with Crippen molar-refractivity contribution in [2.24, 2.45) is 0 Å². The number of aromatic nitrogens is 2. The van der Waals surface area contributed by atoms with Gasteiger partial charge in [0.05, 0.1) is 5.69 Å². The molecular formula is C18H21N5O. The summed E-state index contributed by atoms with van der Waals surface area (Å²) >= 11 is 0. The van der Waals surface area contributed by atoms with Gasteiger partial charge in [-0.15, -0.1) is 10.2 Å². The number of hydrogen-bond acceptors (Lipinski definition) is 5. The molecule has 1 amide bonds. The van der Waals surface area contributed by atoms with Gasteiger partial charge in [-0.05, 0) is 25.0 Å². The molecule has 6 nitrogen and oxygen atoms in total. The summed E-state index contributed by atoms with van der Waals surface area (Å²) in [5, 5.41) is 15.1. The molecule has 0 atom stereocenters. The average molecular weight is 323 g/mol. The summed E-state index contributed by atoms with van der Waals surface area (Å²) < 4.78 is 0. The molecular weight excluding hydrogens is 302 g/mol. The van der Waals surface area contributed by atoms with Crippen LogP contribution in [0.1, 0.15) is 12.8 Å². The van der Waals surface area contributed by atoms with Gasteiger partial charge in [-0.2, -0.15) is 0 Å². The summed E-state index contributed by atoms with van der Waals surface area (Å²) in [6.45, 7) is 3.17. The van der Waals surface area contributed by atoms with E-state index in [0.717, 1.165) is 56.1 Å². The number of carbonyl (C=O) groups is 1. The SMILES string of the molecule is O=C1NCCNC12CCN(c1ccc(-c3ccccc3)nn1)CC2. The van der Waals surface area contributed by atoms with Gasteiger partial charge in [-0.1, -0.05) is 30.3 Å². The Morgan fingerprint density at radius 3 is 2.42 bits per heavy atom. The zero-order valence-electron chi connectivity index (χ0n) is 13.5. The minimum absolute atomic E-state index is 0.138. The monoisotopic (exact) mass is 323 g/mol. The Morgan fingerprint density at radius 1 is 0.958 bits per heavy atom. The Balaban J connectivity index is 1.45. The number of piperazine rings is 1. The molecule has 1 aromatic heterocycles. The predicted molar refractivity (Wildman–Crippen MR) is 92.7 cm³/mol. The molecule has 2 fully saturated rings. The van der Waals surface area contributed by atoms with Crippen molar-refractivity contribution in [2.45, 2.75) is 18.4 Å². The van der Waals surface area contributed by atoms with Crippen LogP contribution in [0.5, 0.6) is 0 Å². The second kappa shape index (κ2) is 6.20. The first-order valence-electron chi connectivity index (χ1n) is 8.44. The van der Waals surface area contributed by atoms with Crippen molar-refractivity contribution in [1.82, 2.24) is 20.8 Å². The number of piperidine rings is 1. The van der Waals surface area contributed by atoms with Crippen LogP contribution in [0.2, 0.25) is 0 Å². The van der Waals surface area contributed by atoms with Gasteiger partial charge < -0.3 is 15.5 Å². The fourth-order valence-corrected chi connectivity index (χ4v) is 3.51. The van der Waals surface area contributed by atoms with Crippen LogP contribution in [0.25, 0.3) is 11.3 Å². The molecule has 2 aliphatic rings. The molecule has 124 valence electrons. The van der Waals surface area contributed by atoms with E-state index in [1.807, 2.05) is 42.5 Å². The first-order valence-corrected chi connectivity index (χ1v) is 8.44. The van der Waals surface area contributed by atoms with E-state index < -0.39 is 5.54 Å². The van der Waals surface area contributed by atoms with Crippen LogP contribution in [0.4, 0.5) is 5.82 Å². The zero-order valence-corrected chi connectivity index (χ0v) is 13.5. The third-order valence-corrected chi connectivity index (χ3v) is 4.97. The van der Waals surface area contributed by atoms with Gasteiger partial charge in [0.25, 0.3) is 0 Å². The van der Waals surface area contributed by atoms with Crippen LogP contribution in [0.15, 0.2) is 42.5 Å². The van der Waals surface area contributed by atoms with Crippen molar-refractivity contribution in [1.29, 1.82) is 0 Å². The highest BCUT2D eigenvalue weighted by Gasteiger charge is 2.42. The minimum atomic E-state index is -0.397. The maximum Gasteiger partial charge on any atom is 0.240 e. The van der Waals surface area contributed by atoms with Gasteiger partial charge in [0.2, 0.25) is 5.91 Å². The summed E-state index contributed by atoms with van der Waals surface area (Å²) in [5.74, 6) is 1.01. The first kappa shape index (κ1) is 15.1. The predicted octanol–water partition coefficient (Wildman–Crippen LogP) is 1.20. The van der Waals surface area contributed by atoms with E-state index >= 15 is 0 Å². The molecule has 2 N–H and O–H groups in total. The molecule has 0 radical (unpaired) electrons. The van der Waals surface area contributed by atoms with E-state index in [1.165, 1.54) is 0 Å². The third-order valence-electron chi connectivity index (χ3n) is 4.97. The van der Waals surface area contributed by atoms with Gasteiger partial charge in [0, 0.05) is 31.7 Å². The molecule has 24 heavy (non-hydrogen) atoms. The van der Waals surface area contributed by atoms with Crippen molar-refractivity contribution >= 4 is 11.7 Å². The normalized spacial score (nSPS) is 20.0. The summed E-state index contributed by atoms with van der Waals surface area (Å²) in [7, 11) is 0. The number of hydrogen-bond donors (Lipinski definition) is 2. The maximum atomic E-state index is 12.2. The summed E-state index contributed by atoms with van der Waals surface area (Å²) in [6.07, 6.45) is 1.59. The first-order chi connectivity index (χ1) is 11.8. The lowest BCUT2D eigenvalue weighted by atomic mass is 9.85. The van der Waals surface area contributed by atoms with Crippen molar-refractivity contribution in [3.8, 4) is 11.3 Å². The van der Waals surface area contributed by atoms with Gasteiger partial charge in [-0.25, -0.2) is 0 Å². The number of benzene rings is 1. The number of nitrogens with one attached hydrogen (secondary N) is 2. The molecule has 0 bridgehead atoms. The molecule has 1 aromatic carbocycles. The van der Waals surface area contributed by atoms with Crippen LogP contribution < -0.4 is 15.5 Å². The molecule has 0 saturated carbocycles. The molecule has 6 heteroatoms. The molecule has 2 saturated heterocycles. The van der Waals surface area contributed by atoms with Gasteiger partial charge >= 0.3 is 0 Å². The maximum absolute atomic E-state index is 12.2.